The van der Waals surface area contributed by atoms with Crippen LogP contribution in [0.1, 0.15) is 32.5 Å². The molecular weight excluding hydrogens is 274 g/mol. The predicted molar refractivity (Wildman–Crippen MR) is 74.7 cm³/mol. The molecule has 0 bridgehead atoms. The Kier molecular flexibility index (Phi) is 5.30. The fraction of sp³-hybridized carbons (Fsp3) is 0.786. The molecule has 1 aromatic rings. The molecule has 2 atom stereocenters. The molecule has 0 radical (unpaired) electrons. The van der Waals surface area contributed by atoms with E-state index in [0.717, 1.165) is 6.42 Å². The largest absolute Gasteiger partial charge is 0.481 e. The van der Waals surface area contributed by atoms with Gasteiger partial charge in [0.05, 0.1) is 25.7 Å². The van der Waals surface area contributed by atoms with Gasteiger partial charge in [-0.25, -0.2) is 0 Å². The smallest absolute Gasteiger partial charge is 0.310 e. The summed E-state index contributed by atoms with van der Waals surface area (Å²) in [5.74, 6) is 0.383. The molecule has 0 spiro atoms. The number of aromatic nitrogens is 2. The molecular formula is C14H23N3O4. The van der Waals surface area contributed by atoms with Crippen molar-refractivity contribution in [2.75, 3.05) is 19.8 Å². The van der Waals surface area contributed by atoms with Gasteiger partial charge in [0, 0.05) is 12.5 Å². The fourth-order valence-corrected chi connectivity index (χ4v) is 2.57. The molecule has 1 aliphatic heterocycles. The van der Waals surface area contributed by atoms with Crippen molar-refractivity contribution in [2.24, 2.45) is 11.8 Å². The van der Waals surface area contributed by atoms with E-state index in [2.05, 4.69) is 24.0 Å². The number of carboxylic acid groups (broad SMARTS) is 1. The summed E-state index contributed by atoms with van der Waals surface area (Å²) in [4.78, 5) is 17.7. The quantitative estimate of drug-likeness (QED) is 0.808. The van der Waals surface area contributed by atoms with Crippen molar-refractivity contribution in [1.82, 2.24) is 15.0 Å². The Morgan fingerprint density at radius 1 is 1.48 bits per heavy atom. The van der Waals surface area contributed by atoms with Crippen molar-refractivity contribution in [3.8, 4) is 0 Å². The van der Waals surface area contributed by atoms with Gasteiger partial charge in [0.2, 0.25) is 5.89 Å². The van der Waals surface area contributed by atoms with E-state index in [0.29, 0.717) is 37.3 Å². The van der Waals surface area contributed by atoms with Gasteiger partial charge in [-0.2, -0.15) is 4.98 Å². The van der Waals surface area contributed by atoms with Crippen molar-refractivity contribution in [2.45, 2.75) is 39.8 Å². The molecule has 1 aliphatic rings. The fourth-order valence-electron chi connectivity index (χ4n) is 2.57. The average molecular weight is 297 g/mol. The molecule has 2 heterocycles. The number of carbonyl (C=O) groups is 1. The lowest BCUT2D eigenvalue weighted by molar-refractivity contribution is -0.143. The van der Waals surface area contributed by atoms with Crippen LogP contribution in [0, 0.1) is 11.8 Å². The monoisotopic (exact) mass is 297 g/mol. The maximum Gasteiger partial charge on any atom is 0.310 e. The van der Waals surface area contributed by atoms with Crippen LogP contribution in [0.2, 0.25) is 0 Å². The summed E-state index contributed by atoms with van der Waals surface area (Å²) in [6, 6.07) is -0.139. The van der Waals surface area contributed by atoms with Crippen LogP contribution in [-0.4, -0.2) is 51.9 Å². The second-order valence-electron chi connectivity index (χ2n) is 5.81. The number of ether oxygens (including phenoxy) is 1. The average Bonchev–Trinajstić information content (AvgIpc) is 3.04. The third-order valence-electron chi connectivity index (χ3n) is 3.68. The molecule has 7 heteroatoms. The number of hydrogen-bond acceptors (Lipinski definition) is 6. The van der Waals surface area contributed by atoms with E-state index in [1.165, 1.54) is 0 Å². The van der Waals surface area contributed by atoms with E-state index in [1.54, 1.807) is 0 Å². The van der Waals surface area contributed by atoms with Gasteiger partial charge in [-0.3, -0.25) is 9.69 Å². The Morgan fingerprint density at radius 2 is 2.24 bits per heavy atom. The summed E-state index contributed by atoms with van der Waals surface area (Å²) < 4.78 is 10.5. The van der Waals surface area contributed by atoms with E-state index in [4.69, 9.17) is 9.26 Å². The summed E-state index contributed by atoms with van der Waals surface area (Å²) in [5.41, 5.74) is 0. The van der Waals surface area contributed by atoms with E-state index in [1.807, 2.05) is 11.8 Å². The van der Waals surface area contributed by atoms with Crippen molar-refractivity contribution < 1.29 is 19.2 Å². The minimum absolute atomic E-state index is 0.139. The number of aliphatic carboxylic acids is 1. The number of carboxylic acids is 1. The zero-order valence-corrected chi connectivity index (χ0v) is 12.8. The van der Waals surface area contributed by atoms with Gasteiger partial charge in [-0.15, -0.1) is 0 Å². The van der Waals surface area contributed by atoms with Crippen molar-refractivity contribution in [3.05, 3.63) is 11.7 Å². The van der Waals surface area contributed by atoms with Gasteiger partial charge >= 0.3 is 5.97 Å². The number of likely N-dealkylation sites (N-methyl/N-ethyl adjacent to an activating group) is 1. The van der Waals surface area contributed by atoms with Gasteiger partial charge in [0.15, 0.2) is 5.82 Å². The summed E-state index contributed by atoms with van der Waals surface area (Å²) >= 11 is 0. The van der Waals surface area contributed by atoms with Crippen LogP contribution in [0.3, 0.4) is 0 Å². The minimum Gasteiger partial charge on any atom is -0.481 e. The first-order valence-electron chi connectivity index (χ1n) is 7.37. The van der Waals surface area contributed by atoms with Gasteiger partial charge in [-0.1, -0.05) is 25.9 Å². The lowest BCUT2D eigenvalue weighted by Crippen LogP contribution is -2.42. The van der Waals surface area contributed by atoms with Crippen LogP contribution in [0.25, 0.3) is 0 Å². The molecule has 2 unspecified atom stereocenters. The number of hydrogen-bond donors (Lipinski definition) is 1. The molecule has 118 valence electrons. The summed E-state index contributed by atoms with van der Waals surface area (Å²) in [7, 11) is 0. The van der Waals surface area contributed by atoms with E-state index < -0.39 is 11.9 Å². The Labute approximate surface area is 124 Å². The molecule has 7 nitrogen and oxygen atoms in total. The summed E-state index contributed by atoms with van der Waals surface area (Å²) in [5, 5.41) is 13.2. The Balaban J connectivity index is 2.01. The van der Waals surface area contributed by atoms with Gasteiger partial charge in [-0.05, 0) is 12.5 Å². The Bertz CT molecular complexity index is 475. The standard InChI is InChI=1S/C14H23N3O4/c1-4-17(11-8-20-7-10(11)14(18)19)6-12-15-13(21-16-12)5-9(2)3/h9-11H,4-8H2,1-3H3,(H,18,19). The first kappa shape index (κ1) is 15.9. The molecule has 0 aromatic carbocycles. The van der Waals surface area contributed by atoms with Crippen LogP contribution in [0.4, 0.5) is 0 Å². The lowest BCUT2D eigenvalue weighted by Gasteiger charge is -2.27. The molecule has 1 fully saturated rings. The first-order chi connectivity index (χ1) is 10.0. The minimum atomic E-state index is -0.815. The highest BCUT2D eigenvalue weighted by atomic mass is 16.5. The highest BCUT2D eigenvalue weighted by Gasteiger charge is 2.37. The van der Waals surface area contributed by atoms with Gasteiger partial charge < -0.3 is 14.4 Å². The highest BCUT2D eigenvalue weighted by Crippen LogP contribution is 2.21. The Morgan fingerprint density at radius 3 is 2.86 bits per heavy atom. The van der Waals surface area contributed by atoms with Gasteiger partial charge in [0.1, 0.15) is 0 Å². The SMILES string of the molecule is CCN(Cc1noc(CC(C)C)n1)C1COCC1C(=O)O. The molecule has 1 saturated heterocycles. The third-order valence-corrected chi connectivity index (χ3v) is 3.68. The normalized spacial score (nSPS) is 22.3. The zero-order chi connectivity index (χ0) is 15.4. The molecule has 0 saturated carbocycles. The van der Waals surface area contributed by atoms with Gasteiger partial charge in [0.25, 0.3) is 0 Å². The molecule has 0 amide bonds. The number of nitrogens with zero attached hydrogens (tertiary/aromatic N) is 3. The maximum atomic E-state index is 11.3. The van der Waals surface area contributed by atoms with Crippen LogP contribution in [-0.2, 0) is 22.5 Å². The molecule has 2 rings (SSSR count). The maximum absolute atomic E-state index is 11.3. The lowest BCUT2D eigenvalue weighted by atomic mass is 10.0. The highest BCUT2D eigenvalue weighted by molar-refractivity contribution is 5.71. The van der Waals surface area contributed by atoms with Crippen LogP contribution in [0.5, 0.6) is 0 Å². The molecule has 0 aliphatic carbocycles. The molecule has 1 N–H and O–H groups in total. The molecule has 1 aromatic heterocycles. The van der Waals surface area contributed by atoms with Crippen LogP contribution < -0.4 is 0 Å². The van der Waals surface area contributed by atoms with Crippen molar-refractivity contribution >= 4 is 5.97 Å². The third kappa shape index (κ3) is 4.01. The van der Waals surface area contributed by atoms with Crippen molar-refractivity contribution in [3.63, 3.8) is 0 Å². The van der Waals surface area contributed by atoms with Crippen LogP contribution >= 0.6 is 0 Å². The summed E-state index contributed by atoms with van der Waals surface area (Å²) in [6.45, 7) is 8.07. The Hall–Kier alpha value is -1.47. The van der Waals surface area contributed by atoms with E-state index in [-0.39, 0.29) is 12.6 Å². The molecule has 21 heavy (non-hydrogen) atoms. The predicted octanol–water partition coefficient (Wildman–Crippen LogP) is 1.19. The number of rotatable bonds is 7. The topological polar surface area (TPSA) is 88.7 Å². The van der Waals surface area contributed by atoms with Crippen molar-refractivity contribution in [1.29, 1.82) is 0 Å². The second kappa shape index (κ2) is 7.00. The summed E-state index contributed by atoms with van der Waals surface area (Å²) in [6.07, 6.45) is 0.753. The van der Waals surface area contributed by atoms with E-state index in [9.17, 15) is 9.90 Å². The first-order valence-corrected chi connectivity index (χ1v) is 7.37. The van der Waals surface area contributed by atoms with E-state index >= 15 is 0 Å². The van der Waals surface area contributed by atoms with Crippen LogP contribution in [0.15, 0.2) is 4.52 Å². The second-order valence-corrected chi connectivity index (χ2v) is 5.81. The zero-order valence-electron chi connectivity index (χ0n) is 12.8.